The van der Waals surface area contributed by atoms with Crippen LogP contribution in [0.2, 0.25) is 0 Å². The lowest BCUT2D eigenvalue weighted by Gasteiger charge is -2.28. The number of hydrogen-bond acceptors (Lipinski definition) is 3. The molecule has 0 aromatic rings. The highest BCUT2D eigenvalue weighted by Gasteiger charge is 2.33. The third-order valence-corrected chi connectivity index (χ3v) is 3.58. The molecule has 2 rings (SSSR count). The standard InChI is InChI=1S/C12H23NO2/c1-2-5-13-12(10-3-6-14-8-10)11-4-7-15-9-11/h10-13H,2-9H2,1H3. The molecule has 3 nitrogen and oxygen atoms in total. The van der Waals surface area contributed by atoms with Crippen LogP contribution in [-0.2, 0) is 9.47 Å². The van der Waals surface area contributed by atoms with Gasteiger partial charge in [-0.05, 0) is 25.8 Å². The summed E-state index contributed by atoms with van der Waals surface area (Å²) in [6, 6.07) is 0.620. The van der Waals surface area contributed by atoms with Crippen molar-refractivity contribution in [3.63, 3.8) is 0 Å². The van der Waals surface area contributed by atoms with Crippen LogP contribution in [0, 0.1) is 11.8 Å². The van der Waals surface area contributed by atoms with E-state index in [1.54, 1.807) is 0 Å². The van der Waals surface area contributed by atoms with Gasteiger partial charge in [0, 0.05) is 31.1 Å². The molecule has 15 heavy (non-hydrogen) atoms. The van der Waals surface area contributed by atoms with E-state index in [4.69, 9.17) is 9.47 Å². The highest BCUT2D eigenvalue weighted by Crippen LogP contribution is 2.27. The van der Waals surface area contributed by atoms with Crippen LogP contribution in [-0.4, -0.2) is 39.0 Å². The smallest absolute Gasteiger partial charge is 0.0510 e. The molecule has 3 heteroatoms. The summed E-state index contributed by atoms with van der Waals surface area (Å²) in [5.41, 5.74) is 0. The number of nitrogens with one attached hydrogen (secondary N) is 1. The predicted octanol–water partition coefficient (Wildman–Crippen LogP) is 1.43. The van der Waals surface area contributed by atoms with Crippen molar-refractivity contribution < 1.29 is 9.47 Å². The van der Waals surface area contributed by atoms with E-state index in [0.29, 0.717) is 17.9 Å². The summed E-state index contributed by atoms with van der Waals surface area (Å²) < 4.78 is 11.0. The second kappa shape index (κ2) is 5.83. The van der Waals surface area contributed by atoms with E-state index in [1.165, 1.54) is 19.3 Å². The minimum Gasteiger partial charge on any atom is -0.381 e. The van der Waals surface area contributed by atoms with Crippen molar-refractivity contribution in [1.82, 2.24) is 5.32 Å². The van der Waals surface area contributed by atoms with E-state index >= 15 is 0 Å². The van der Waals surface area contributed by atoms with Crippen molar-refractivity contribution >= 4 is 0 Å². The summed E-state index contributed by atoms with van der Waals surface area (Å²) in [4.78, 5) is 0. The molecule has 2 aliphatic rings. The summed E-state index contributed by atoms with van der Waals surface area (Å²) in [6.45, 7) is 7.12. The van der Waals surface area contributed by atoms with Gasteiger partial charge in [-0.15, -0.1) is 0 Å². The lowest BCUT2D eigenvalue weighted by Crippen LogP contribution is -2.43. The van der Waals surface area contributed by atoms with Gasteiger partial charge >= 0.3 is 0 Å². The monoisotopic (exact) mass is 213 g/mol. The Bertz CT molecular complexity index is 158. The third-order valence-electron chi connectivity index (χ3n) is 3.58. The fraction of sp³-hybridized carbons (Fsp3) is 1.00. The Labute approximate surface area is 92.5 Å². The number of ether oxygens (including phenoxy) is 2. The Kier molecular flexibility index (Phi) is 4.42. The average Bonchev–Trinajstić information content (AvgIpc) is 2.90. The first kappa shape index (κ1) is 11.4. The molecule has 0 aromatic heterocycles. The molecule has 0 aliphatic carbocycles. The van der Waals surface area contributed by atoms with Crippen LogP contribution in [0.4, 0.5) is 0 Å². The van der Waals surface area contributed by atoms with Gasteiger partial charge in [0.2, 0.25) is 0 Å². The van der Waals surface area contributed by atoms with Crippen LogP contribution in [0.25, 0.3) is 0 Å². The van der Waals surface area contributed by atoms with E-state index in [-0.39, 0.29) is 0 Å². The lowest BCUT2D eigenvalue weighted by molar-refractivity contribution is 0.146. The Morgan fingerprint density at radius 3 is 2.13 bits per heavy atom. The Hall–Kier alpha value is -0.120. The molecule has 0 saturated carbocycles. The highest BCUT2D eigenvalue weighted by molar-refractivity contribution is 4.87. The van der Waals surface area contributed by atoms with Crippen molar-refractivity contribution in [1.29, 1.82) is 0 Å². The van der Waals surface area contributed by atoms with Gasteiger partial charge in [-0.1, -0.05) is 6.92 Å². The summed E-state index contributed by atoms with van der Waals surface area (Å²) in [6.07, 6.45) is 3.65. The summed E-state index contributed by atoms with van der Waals surface area (Å²) in [5.74, 6) is 1.42. The van der Waals surface area contributed by atoms with E-state index in [1.807, 2.05) is 0 Å². The molecular weight excluding hydrogens is 190 g/mol. The molecule has 0 bridgehead atoms. The van der Waals surface area contributed by atoms with Crippen LogP contribution in [0.1, 0.15) is 26.2 Å². The van der Waals surface area contributed by atoms with Gasteiger partial charge in [0.1, 0.15) is 0 Å². The highest BCUT2D eigenvalue weighted by atomic mass is 16.5. The number of hydrogen-bond donors (Lipinski definition) is 1. The van der Waals surface area contributed by atoms with Crippen LogP contribution in [0.3, 0.4) is 0 Å². The molecular formula is C12H23NO2. The molecule has 0 aromatic carbocycles. The van der Waals surface area contributed by atoms with Crippen LogP contribution < -0.4 is 5.32 Å². The van der Waals surface area contributed by atoms with Gasteiger partial charge in [-0.2, -0.15) is 0 Å². The van der Waals surface area contributed by atoms with Gasteiger partial charge in [-0.3, -0.25) is 0 Å². The quantitative estimate of drug-likeness (QED) is 0.749. The fourth-order valence-corrected chi connectivity index (χ4v) is 2.70. The van der Waals surface area contributed by atoms with Crippen molar-refractivity contribution in [3.05, 3.63) is 0 Å². The summed E-state index contributed by atoms with van der Waals surface area (Å²) in [7, 11) is 0. The molecule has 2 aliphatic heterocycles. The summed E-state index contributed by atoms with van der Waals surface area (Å²) >= 11 is 0. The van der Waals surface area contributed by atoms with Gasteiger partial charge < -0.3 is 14.8 Å². The van der Waals surface area contributed by atoms with Crippen LogP contribution in [0.5, 0.6) is 0 Å². The van der Waals surface area contributed by atoms with Crippen LogP contribution in [0.15, 0.2) is 0 Å². The average molecular weight is 213 g/mol. The Morgan fingerprint density at radius 2 is 1.73 bits per heavy atom. The van der Waals surface area contributed by atoms with E-state index < -0.39 is 0 Å². The maximum atomic E-state index is 5.50. The van der Waals surface area contributed by atoms with E-state index in [2.05, 4.69) is 12.2 Å². The molecule has 0 radical (unpaired) electrons. The zero-order valence-electron chi connectivity index (χ0n) is 9.71. The van der Waals surface area contributed by atoms with Gasteiger partial charge in [0.15, 0.2) is 0 Å². The molecule has 2 saturated heterocycles. The Balaban J connectivity index is 1.88. The van der Waals surface area contributed by atoms with Crippen molar-refractivity contribution in [2.75, 3.05) is 33.0 Å². The first-order chi connectivity index (χ1) is 7.42. The zero-order valence-corrected chi connectivity index (χ0v) is 9.71. The second-order valence-electron chi connectivity index (χ2n) is 4.73. The lowest BCUT2D eigenvalue weighted by atomic mass is 9.87. The van der Waals surface area contributed by atoms with Crippen molar-refractivity contribution in [3.8, 4) is 0 Å². The largest absolute Gasteiger partial charge is 0.381 e. The first-order valence-corrected chi connectivity index (χ1v) is 6.30. The minimum atomic E-state index is 0.620. The Morgan fingerprint density at radius 1 is 1.13 bits per heavy atom. The molecule has 2 unspecified atom stereocenters. The summed E-state index contributed by atoms with van der Waals surface area (Å²) in [5, 5.41) is 3.69. The van der Waals surface area contributed by atoms with E-state index in [0.717, 1.165) is 33.0 Å². The molecule has 0 spiro atoms. The normalized spacial score (nSPS) is 33.4. The molecule has 2 atom stereocenters. The van der Waals surface area contributed by atoms with Crippen LogP contribution >= 0.6 is 0 Å². The predicted molar refractivity (Wildman–Crippen MR) is 59.9 cm³/mol. The first-order valence-electron chi connectivity index (χ1n) is 6.30. The zero-order chi connectivity index (χ0) is 10.5. The van der Waals surface area contributed by atoms with Gasteiger partial charge in [0.25, 0.3) is 0 Å². The van der Waals surface area contributed by atoms with Gasteiger partial charge in [-0.25, -0.2) is 0 Å². The van der Waals surface area contributed by atoms with Gasteiger partial charge in [0.05, 0.1) is 13.2 Å². The molecule has 1 N–H and O–H groups in total. The third kappa shape index (κ3) is 2.92. The molecule has 2 heterocycles. The fourth-order valence-electron chi connectivity index (χ4n) is 2.70. The minimum absolute atomic E-state index is 0.620. The molecule has 2 fully saturated rings. The second-order valence-corrected chi connectivity index (χ2v) is 4.73. The molecule has 0 amide bonds. The number of rotatable bonds is 5. The SMILES string of the molecule is CCCNC(C1CCOC1)C1CCOC1. The molecule has 88 valence electrons. The maximum absolute atomic E-state index is 5.50. The maximum Gasteiger partial charge on any atom is 0.0510 e. The van der Waals surface area contributed by atoms with Crippen molar-refractivity contribution in [2.45, 2.75) is 32.2 Å². The van der Waals surface area contributed by atoms with E-state index in [9.17, 15) is 0 Å². The topological polar surface area (TPSA) is 30.5 Å². The van der Waals surface area contributed by atoms with Crippen molar-refractivity contribution in [2.24, 2.45) is 11.8 Å².